The zero-order valence-electron chi connectivity index (χ0n) is 12.3. The Balaban J connectivity index is 1.82. The molecule has 2 N–H and O–H groups in total. The summed E-state index contributed by atoms with van der Waals surface area (Å²) in [5.41, 5.74) is 0. The van der Waals surface area contributed by atoms with Gasteiger partial charge in [0.05, 0.1) is 12.0 Å². The van der Waals surface area contributed by atoms with Crippen molar-refractivity contribution in [1.82, 2.24) is 5.32 Å². The van der Waals surface area contributed by atoms with Crippen LogP contribution < -0.4 is 5.32 Å². The molecule has 0 saturated heterocycles. The van der Waals surface area contributed by atoms with Crippen molar-refractivity contribution in [2.45, 2.75) is 69.9 Å². The molecule has 0 aromatic rings. The van der Waals surface area contributed by atoms with Gasteiger partial charge in [0, 0.05) is 6.04 Å². The first-order valence-corrected chi connectivity index (χ1v) is 9.02. The number of rotatable bonds is 3. The van der Waals surface area contributed by atoms with Crippen molar-refractivity contribution < 1.29 is 9.90 Å². The molecule has 0 aromatic heterocycles. The first-order valence-electron chi connectivity index (χ1n) is 7.80. The second-order valence-electron chi connectivity index (χ2n) is 5.96. The lowest BCUT2D eigenvalue weighted by Gasteiger charge is -2.27. The van der Waals surface area contributed by atoms with E-state index in [2.05, 4.69) is 11.6 Å². The van der Waals surface area contributed by atoms with E-state index in [1.165, 1.54) is 32.1 Å². The van der Waals surface area contributed by atoms with Crippen LogP contribution in [0.4, 0.5) is 0 Å². The molecule has 2 aliphatic rings. The molecule has 0 amide bonds. The molecule has 114 valence electrons. The minimum Gasteiger partial charge on any atom is -0.481 e. The van der Waals surface area contributed by atoms with Gasteiger partial charge in [-0.3, -0.25) is 9.79 Å². The Morgan fingerprint density at radius 1 is 1.10 bits per heavy atom. The average Bonchev–Trinajstić information content (AvgIpc) is 2.48. The zero-order valence-corrected chi connectivity index (χ0v) is 13.1. The summed E-state index contributed by atoms with van der Waals surface area (Å²) in [6.07, 6.45) is 12.0. The highest BCUT2D eigenvalue weighted by Gasteiger charge is 2.26. The molecule has 0 atom stereocenters. The maximum atomic E-state index is 10.9. The average molecular weight is 298 g/mol. The van der Waals surface area contributed by atoms with Crippen LogP contribution in [0.3, 0.4) is 0 Å². The summed E-state index contributed by atoms with van der Waals surface area (Å²) in [6, 6.07) is 0.898. The van der Waals surface area contributed by atoms with Crippen molar-refractivity contribution in [2.75, 3.05) is 6.26 Å². The fraction of sp³-hybridized carbons (Fsp3) is 0.867. The number of carbonyl (C=O) groups is 1. The molecule has 5 heteroatoms. The molecule has 0 aliphatic heterocycles. The van der Waals surface area contributed by atoms with Gasteiger partial charge in [-0.15, -0.1) is 0 Å². The molecule has 0 aromatic carbocycles. The third-order valence-corrected chi connectivity index (χ3v) is 5.08. The minimum absolute atomic E-state index is 0.148. The quantitative estimate of drug-likeness (QED) is 0.620. The highest BCUT2D eigenvalue weighted by atomic mass is 32.2. The maximum absolute atomic E-state index is 10.9. The molecule has 0 radical (unpaired) electrons. The zero-order chi connectivity index (χ0) is 14.4. The molecule has 4 nitrogen and oxygen atoms in total. The monoisotopic (exact) mass is 298 g/mol. The Morgan fingerprint density at radius 3 is 2.30 bits per heavy atom. The van der Waals surface area contributed by atoms with Gasteiger partial charge in [-0.05, 0) is 44.8 Å². The van der Waals surface area contributed by atoms with Crippen molar-refractivity contribution in [2.24, 2.45) is 10.9 Å². The standard InChI is InChI=1S/C15H26N2O2S/c1-20-15(16-12-5-3-2-4-6-12)17-13-9-7-11(8-10-13)14(18)19/h11-13H,2-10H2,1H3,(H,16,17)(H,18,19). The Labute approximate surface area is 125 Å². The summed E-state index contributed by atoms with van der Waals surface area (Å²) >= 11 is 1.69. The van der Waals surface area contributed by atoms with Crippen LogP contribution in [-0.2, 0) is 4.79 Å². The number of thioether (sulfide) groups is 1. The van der Waals surface area contributed by atoms with Gasteiger partial charge in [0.1, 0.15) is 0 Å². The molecule has 0 bridgehead atoms. The lowest BCUT2D eigenvalue weighted by Crippen LogP contribution is -2.35. The van der Waals surface area contributed by atoms with Crippen molar-refractivity contribution >= 4 is 22.9 Å². The van der Waals surface area contributed by atoms with Gasteiger partial charge in [0.15, 0.2) is 5.17 Å². The molecule has 2 aliphatic carbocycles. The van der Waals surface area contributed by atoms with Gasteiger partial charge in [-0.2, -0.15) is 0 Å². The second kappa shape index (κ2) is 7.91. The molecule has 0 heterocycles. The van der Waals surface area contributed by atoms with Gasteiger partial charge >= 0.3 is 5.97 Å². The predicted octanol–water partition coefficient (Wildman–Crippen LogP) is 3.27. The van der Waals surface area contributed by atoms with Crippen LogP contribution >= 0.6 is 11.8 Å². The number of carboxylic acid groups (broad SMARTS) is 1. The summed E-state index contributed by atoms with van der Waals surface area (Å²) in [7, 11) is 0. The lowest BCUT2D eigenvalue weighted by atomic mass is 9.86. The number of hydrogen-bond acceptors (Lipinski definition) is 3. The lowest BCUT2D eigenvalue weighted by molar-refractivity contribution is -0.142. The number of nitrogens with zero attached hydrogens (tertiary/aromatic N) is 1. The molecule has 0 spiro atoms. The van der Waals surface area contributed by atoms with Crippen LogP contribution in [0.15, 0.2) is 4.99 Å². The largest absolute Gasteiger partial charge is 0.481 e. The van der Waals surface area contributed by atoms with Crippen molar-refractivity contribution in [3.63, 3.8) is 0 Å². The van der Waals surface area contributed by atoms with E-state index in [4.69, 9.17) is 10.1 Å². The van der Waals surface area contributed by atoms with E-state index >= 15 is 0 Å². The van der Waals surface area contributed by atoms with Gasteiger partial charge in [-0.25, -0.2) is 0 Å². The fourth-order valence-corrected chi connectivity index (χ4v) is 3.73. The van der Waals surface area contributed by atoms with Crippen LogP contribution in [0, 0.1) is 5.92 Å². The van der Waals surface area contributed by atoms with Crippen LogP contribution in [0.5, 0.6) is 0 Å². The number of carboxylic acids is 1. The van der Waals surface area contributed by atoms with E-state index < -0.39 is 5.97 Å². The van der Waals surface area contributed by atoms with Crippen LogP contribution in [-0.4, -0.2) is 34.6 Å². The Hall–Kier alpha value is -0.710. The van der Waals surface area contributed by atoms with E-state index in [1.54, 1.807) is 11.8 Å². The summed E-state index contributed by atoms with van der Waals surface area (Å²) < 4.78 is 0. The minimum atomic E-state index is -0.641. The molecule has 20 heavy (non-hydrogen) atoms. The van der Waals surface area contributed by atoms with E-state index in [9.17, 15) is 4.79 Å². The fourth-order valence-electron chi connectivity index (χ4n) is 3.19. The highest BCUT2D eigenvalue weighted by molar-refractivity contribution is 8.13. The number of amidine groups is 1. The van der Waals surface area contributed by atoms with E-state index in [0.717, 1.165) is 30.9 Å². The summed E-state index contributed by atoms with van der Waals surface area (Å²) in [4.78, 5) is 15.8. The molecule has 2 fully saturated rings. The van der Waals surface area contributed by atoms with Crippen molar-refractivity contribution in [3.8, 4) is 0 Å². The Bertz CT molecular complexity index is 346. The first kappa shape index (κ1) is 15.7. The van der Waals surface area contributed by atoms with E-state index in [0.29, 0.717) is 12.1 Å². The topological polar surface area (TPSA) is 61.7 Å². The van der Waals surface area contributed by atoms with Crippen molar-refractivity contribution in [1.29, 1.82) is 0 Å². The summed E-state index contributed by atoms with van der Waals surface area (Å²) in [5.74, 6) is -0.789. The molecular weight excluding hydrogens is 272 g/mol. The summed E-state index contributed by atoms with van der Waals surface area (Å²) in [6.45, 7) is 0. The smallest absolute Gasteiger partial charge is 0.306 e. The van der Waals surface area contributed by atoms with Gasteiger partial charge in [-0.1, -0.05) is 31.0 Å². The maximum Gasteiger partial charge on any atom is 0.306 e. The van der Waals surface area contributed by atoms with Crippen molar-refractivity contribution in [3.05, 3.63) is 0 Å². The highest BCUT2D eigenvalue weighted by Crippen LogP contribution is 2.27. The number of nitrogens with one attached hydrogen (secondary N) is 1. The number of aliphatic carboxylic acids is 1. The molecule has 2 rings (SSSR count). The van der Waals surface area contributed by atoms with Gasteiger partial charge in [0.25, 0.3) is 0 Å². The Morgan fingerprint density at radius 2 is 1.75 bits per heavy atom. The van der Waals surface area contributed by atoms with Crippen LogP contribution in [0.1, 0.15) is 57.8 Å². The number of aliphatic imine (C=N–C) groups is 1. The third kappa shape index (κ3) is 4.69. The van der Waals surface area contributed by atoms with Crippen LogP contribution in [0.2, 0.25) is 0 Å². The molecular formula is C15H26N2O2S. The normalized spacial score (nSPS) is 29.1. The van der Waals surface area contributed by atoms with Gasteiger partial charge in [0.2, 0.25) is 0 Å². The molecule has 2 saturated carbocycles. The van der Waals surface area contributed by atoms with E-state index in [1.807, 2.05) is 0 Å². The van der Waals surface area contributed by atoms with Crippen LogP contribution in [0.25, 0.3) is 0 Å². The molecule has 0 unspecified atom stereocenters. The van der Waals surface area contributed by atoms with Gasteiger partial charge < -0.3 is 10.4 Å². The number of hydrogen-bond donors (Lipinski definition) is 2. The second-order valence-corrected chi connectivity index (χ2v) is 6.76. The SMILES string of the molecule is CSC(=NC1CCC(C(=O)O)CC1)NC1CCCCC1. The Kier molecular flexibility index (Phi) is 6.20. The first-order chi connectivity index (χ1) is 9.69. The van der Waals surface area contributed by atoms with E-state index in [-0.39, 0.29) is 5.92 Å². The third-order valence-electron chi connectivity index (χ3n) is 4.47. The summed E-state index contributed by atoms with van der Waals surface area (Å²) in [5, 5.41) is 13.7. The predicted molar refractivity (Wildman–Crippen MR) is 84.3 cm³/mol.